The molecule has 4 aromatic rings. The number of carbonyl (C=O) groups is 2. The van der Waals surface area contributed by atoms with E-state index in [-0.39, 0.29) is 30.9 Å². The van der Waals surface area contributed by atoms with Gasteiger partial charge in [0.15, 0.2) is 0 Å². The number of carboxylic acid groups (broad SMARTS) is 1. The van der Waals surface area contributed by atoms with Crippen LogP contribution in [0, 0.1) is 0 Å². The zero-order chi connectivity index (χ0) is 28.3. The van der Waals surface area contributed by atoms with Crippen molar-refractivity contribution in [2.75, 3.05) is 6.54 Å². The number of hydrogen-bond acceptors (Lipinski definition) is 3. The lowest BCUT2D eigenvalue weighted by atomic mass is 9.85. The second-order valence-corrected chi connectivity index (χ2v) is 10.2. The summed E-state index contributed by atoms with van der Waals surface area (Å²) in [6.07, 6.45) is 1.52. The normalized spacial score (nSPS) is 12.4. The Morgan fingerprint density at radius 1 is 0.825 bits per heavy atom. The first-order valence-electron chi connectivity index (χ1n) is 13.6. The third kappa shape index (κ3) is 8.04. The van der Waals surface area contributed by atoms with E-state index in [9.17, 15) is 9.59 Å². The number of ether oxygens (including phenoxy) is 1. The maximum atomic E-state index is 12.5. The minimum absolute atomic E-state index is 0.0545. The van der Waals surface area contributed by atoms with Gasteiger partial charge in [-0.15, -0.1) is 0 Å². The van der Waals surface area contributed by atoms with Crippen LogP contribution in [-0.4, -0.2) is 23.5 Å². The molecule has 0 spiro atoms. The van der Waals surface area contributed by atoms with E-state index >= 15 is 0 Å². The van der Waals surface area contributed by atoms with Crippen LogP contribution in [0.15, 0.2) is 103 Å². The predicted molar refractivity (Wildman–Crippen MR) is 160 cm³/mol. The van der Waals surface area contributed by atoms with E-state index in [1.54, 1.807) is 12.1 Å². The maximum absolute atomic E-state index is 12.5. The SMILES string of the molecule is CCC[C@H](c1ccc(C(=O)NCCC(=O)O)cc1)C(OCc1ccc(-c2ccccc2)cc1)c1ccc(Cl)cc1. The van der Waals surface area contributed by atoms with Crippen molar-refractivity contribution in [1.29, 1.82) is 0 Å². The molecule has 5 nitrogen and oxygen atoms in total. The zero-order valence-electron chi connectivity index (χ0n) is 22.6. The quantitative estimate of drug-likeness (QED) is 0.175. The number of benzene rings is 4. The van der Waals surface area contributed by atoms with Crippen LogP contribution < -0.4 is 5.32 Å². The fraction of sp³-hybridized carbons (Fsp3) is 0.235. The third-order valence-electron chi connectivity index (χ3n) is 6.88. The summed E-state index contributed by atoms with van der Waals surface area (Å²) in [6, 6.07) is 34.0. The molecule has 0 aliphatic rings. The van der Waals surface area contributed by atoms with E-state index in [2.05, 4.69) is 48.6 Å². The van der Waals surface area contributed by atoms with Crippen LogP contribution in [0.5, 0.6) is 0 Å². The predicted octanol–water partition coefficient (Wildman–Crippen LogP) is 8.05. The van der Waals surface area contributed by atoms with Crippen LogP contribution in [0.4, 0.5) is 0 Å². The van der Waals surface area contributed by atoms with E-state index in [0.717, 1.165) is 35.1 Å². The van der Waals surface area contributed by atoms with Gasteiger partial charge in [-0.2, -0.15) is 0 Å². The number of halogens is 1. The van der Waals surface area contributed by atoms with Crippen LogP contribution in [0.1, 0.15) is 65.3 Å². The molecule has 0 radical (unpaired) electrons. The zero-order valence-corrected chi connectivity index (χ0v) is 23.3. The van der Waals surface area contributed by atoms with Crippen molar-refractivity contribution >= 4 is 23.5 Å². The number of aliphatic carboxylic acids is 1. The highest BCUT2D eigenvalue weighted by Crippen LogP contribution is 2.39. The Morgan fingerprint density at radius 3 is 2.08 bits per heavy atom. The van der Waals surface area contributed by atoms with Gasteiger partial charge in [0.1, 0.15) is 0 Å². The smallest absolute Gasteiger partial charge is 0.305 e. The summed E-state index contributed by atoms with van der Waals surface area (Å²) in [5.41, 5.74) is 6.03. The Balaban J connectivity index is 1.54. The molecule has 4 aromatic carbocycles. The van der Waals surface area contributed by atoms with Crippen molar-refractivity contribution in [2.24, 2.45) is 0 Å². The number of nitrogens with one attached hydrogen (secondary N) is 1. The average molecular weight is 556 g/mol. The Labute approximate surface area is 240 Å². The van der Waals surface area contributed by atoms with Gasteiger partial charge in [-0.1, -0.05) is 104 Å². The minimum atomic E-state index is -0.946. The Hall–Kier alpha value is -3.93. The summed E-state index contributed by atoms with van der Waals surface area (Å²) in [5.74, 6) is -1.18. The molecule has 0 saturated heterocycles. The van der Waals surface area contributed by atoms with Gasteiger partial charge in [-0.25, -0.2) is 0 Å². The molecule has 40 heavy (non-hydrogen) atoms. The van der Waals surface area contributed by atoms with Gasteiger partial charge in [0, 0.05) is 23.0 Å². The molecular weight excluding hydrogens is 522 g/mol. The second kappa shape index (κ2) is 14.5. The molecule has 0 heterocycles. The van der Waals surface area contributed by atoms with Crippen molar-refractivity contribution < 1.29 is 19.4 Å². The van der Waals surface area contributed by atoms with Gasteiger partial charge in [0.05, 0.1) is 19.1 Å². The van der Waals surface area contributed by atoms with Crippen LogP contribution in [0.3, 0.4) is 0 Å². The topological polar surface area (TPSA) is 75.6 Å². The molecule has 0 bridgehead atoms. The van der Waals surface area contributed by atoms with Gasteiger partial charge in [0.25, 0.3) is 5.91 Å². The van der Waals surface area contributed by atoms with Gasteiger partial charge >= 0.3 is 5.97 Å². The highest BCUT2D eigenvalue weighted by Gasteiger charge is 2.26. The molecule has 4 rings (SSSR count). The summed E-state index contributed by atoms with van der Waals surface area (Å²) in [6.45, 7) is 2.69. The number of hydrogen-bond donors (Lipinski definition) is 2. The van der Waals surface area contributed by atoms with Crippen LogP contribution in [0.25, 0.3) is 11.1 Å². The first-order chi connectivity index (χ1) is 19.4. The largest absolute Gasteiger partial charge is 0.481 e. The van der Waals surface area contributed by atoms with E-state index in [4.69, 9.17) is 21.4 Å². The van der Waals surface area contributed by atoms with Crippen molar-refractivity contribution in [3.63, 3.8) is 0 Å². The van der Waals surface area contributed by atoms with Gasteiger partial charge in [-0.05, 0) is 58.5 Å². The molecule has 2 N–H and O–H groups in total. The van der Waals surface area contributed by atoms with Crippen LogP contribution in [-0.2, 0) is 16.1 Å². The highest BCUT2D eigenvalue weighted by molar-refractivity contribution is 6.30. The van der Waals surface area contributed by atoms with Crippen molar-refractivity contribution in [2.45, 2.75) is 44.8 Å². The molecule has 6 heteroatoms. The summed E-state index contributed by atoms with van der Waals surface area (Å²) in [4.78, 5) is 23.2. The van der Waals surface area contributed by atoms with E-state index < -0.39 is 5.97 Å². The summed E-state index contributed by atoms with van der Waals surface area (Å²) < 4.78 is 6.64. The Morgan fingerprint density at radius 2 is 1.45 bits per heavy atom. The molecule has 0 saturated carbocycles. The first kappa shape index (κ1) is 29.1. The minimum Gasteiger partial charge on any atom is -0.481 e. The lowest BCUT2D eigenvalue weighted by molar-refractivity contribution is -0.136. The number of carboxylic acids is 1. The van der Waals surface area contributed by atoms with Gasteiger partial charge < -0.3 is 15.2 Å². The van der Waals surface area contributed by atoms with Gasteiger partial charge in [-0.3, -0.25) is 9.59 Å². The summed E-state index contributed by atoms with van der Waals surface area (Å²) in [7, 11) is 0. The summed E-state index contributed by atoms with van der Waals surface area (Å²) in [5, 5.41) is 12.1. The van der Waals surface area contributed by atoms with E-state index in [0.29, 0.717) is 17.2 Å². The maximum Gasteiger partial charge on any atom is 0.305 e. The highest BCUT2D eigenvalue weighted by atomic mass is 35.5. The average Bonchev–Trinajstić information content (AvgIpc) is 2.98. The molecular formula is C34H34ClNO4. The standard InChI is InChI=1S/C34H34ClNO4/c1-2-6-31(27-13-15-29(16-14-27)34(39)36-22-21-32(37)38)33(28-17-19-30(35)20-18-28)40-23-24-9-11-26(12-10-24)25-7-4-3-5-8-25/h3-5,7-20,31,33H,2,6,21-23H2,1H3,(H,36,39)(H,37,38)/t31-,33?/m1/s1. The monoisotopic (exact) mass is 555 g/mol. The van der Waals surface area contributed by atoms with E-state index in [1.807, 2.05) is 54.6 Å². The Bertz CT molecular complexity index is 1370. The number of amides is 1. The molecule has 1 amide bonds. The molecule has 0 aromatic heterocycles. The molecule has 2 atom stereocenters. The third-order valence-corrected chi connectivity index (χ3v) is 7.13. The van der Waals surface area contributed by atoms with Crippen molar-refractivity contribution in [1.82, 2.24) is 5.32 Å². The Kier molecular flexibility index (Phi) is 10.5. The molecule has 0 aliphatic carbocycles. The molecule has 0 fully saturated rings. The molecule has 0 aliphatic heterocycles. The number of rotatable bonds is 13. The fourth-order valence-electron chi connectivity index (χ4n) is 4.78. The second-order valence-electron chi connectivity index (χ2n) is 9.76. The van der Waals surface area contributed by atoms with Crippen molar-refractivity contribution in [3.8, 4) is 11.1 Å². The fourth-order valence-corrected chi connectivity index (χ4v) is 4.90. The van der Waals surface area contributed by atoms with Crippen LogP contribution in [0.2, 0.25) is 5.02 Å². The lowest BCUT2D eigenvalue weighted by Gasteiger charge is -2.28. The van der Waals surface area contributed by atoms with Crippen LogP contribution >= 0.6 is 11.6 Å². The summed E-state index contributed by atoms with van der Waals surface area (Å²) >= 11 is 6.20. The lowest BCUT2D eigenvalue weighted by Crippen LogP contribution is -2.26. The van der Waals surface area contributed by atoms with Gasteiger partial charge in [0.2, 0.25) is 0 Å². The number of carbonyl (C=O) groups excluding carboxylic acids is 1. The molecule has 206 valence electrons. The van der Waals surface area contributed by atoms with Crippen molar-refractivity contribution in [3.05, 3.63) is 130 Å². The van der Waals surface area contributed by atoms with E-state index in [1.165, 1.54) is 5.56 Å². The molecule has 1 unspecified atom stereocenters. The first-order valence-corrected chi connectivity index (χ1v) is 13.9.